The molecule has 30 heavy (non-hydrogen) atoms. The Hall–Kier alpha value is -3.05. The van der Waals surface area contributed by atoms with Gasteiger partial charge in [0.2, 0.25) is 0 Å². The van der Waals surface area contributed by atoms with E-state index in [0.717, 1.165) is 17.1 Å². The van der Waals surface area contributed by atoms with Crippen molar-refractivity contribution in [2.75, 3.05) is 13.2 Å². The summed E-state index contributed by atoms with van der Waals surface area (Å²) in [5.41, 5.74) is 1.46. The molecule has 0 atom stereocenters. The van der Waals surface area contributed by atoms with Gasteiger partial charge in [-0.2, -0.15) is 0 Å². The number of carbonyl (C=O) groups is 1. The second-order valence-corrected chi connectivity index (χ2v) is 8.07. The van der Waals surface area contributed by atoms with E-state index < -0.39 is 0 Å². The van der Waals surface area contributed by atoms with E-state index in [1.807, 2.05) is 75.4 Å². The Labute approximate surface area is 182 Å². The summed E-state index contributed by atoms with van der Waals surface area (Å²) in [6.45, 7) is 6.70. The molecule has 0 aliphatic heterocycles. The molecule has 3 rings (SSSR count). The average Bonchev–Trinajstić information content (AvgIpc) is 2.71. The molecule has 0 radical (unpaired) electrons. The molecule has 0 aliphatic carbocycles. The van der Waals surface area contributed by atoms with Crippen LogP contribution in [0.4, 0.5) is 0 Å². The molecule has 0 aliphatic rings. The number of rotatable bonds is 7. The van der Waals surface area contributed by atoms with Crippen LogP contribution in [0.5, 0.6) is 11.5 Å². The number of hydrogen-bond acceptors (Lipinski definition) is 4. The molecule has 0 spiro atoms. The highest BCUT2D eigenvalue weighted by Crippen LogP contribution is 2.27. The predicted molar refractivity (Wildman–Crippen MR) is 119 cm³/mol. The van der Waals surface area contributed by atoms with E-state index in [1.54, 1.807) is 12.1 Å². The van der Waals surface area contributed by atoms with Crippen molar-refractivity contribution in [1.29, 1.82) is 0 Å². The Balaban J connectivity index is 1.69. The number of nitrogens with one attached hydrogen (secondary N) is 1. The number of hydrogen-bond donors (Lipinski definition) is 1. The van der Waals surface area contributed by atoms with Gasteiger partial charge in [0, 0.05) is 5.56 Å². The first kappa shape index (κ1) is 21.7. The minimum atomic E-state index is -0.289. The van der Waals surface area contributed by atoms with E-state index in [4.69, 9.17) is 21.1 Å². The molecular formula is C24H25ClN2O3. The fourth-order valence-corrected chi connectivity index (χ4v) is 2.97. The maximum atomic E-state index is 12.7. The predicted octanol–water partition coefficient (Wildman–Crippen LogP) is 5.39. The van der Waals surface area contributed by atoms with E-state index in [2.05, 4.69) is 10.3 Å². The van der Waals surface area contributed by atoms with Crippen molar-refractivity contribution in [2.45, 2.75) is 26.4 Å². The van der Waals surface area contributed by atoms with Gasteiger partial charge in [-0.25, -0.2) is 4.98 Å². The Morgan fingerprint density at radius 2 is 1.67 bits per heavy atom. The third-order valence-corrected chi connectivity index (χ3v) is 4.27. The average molecular weight is 425 g/mol. The van der Waals surface area contributed by atoms with Gasteiger partial charge < -0.3 is 14.8 Å². The van der Waals surface area contributed by atoms with Crippen LogP contribution in [-0.2, 0) is 0 Å². The second kappa shape index (κ2) is 9.63. The highest BCUT2D eigenvalue weighted by atomic mass is 35.5. The van der Waals surface area contributed by atoms with Crippen LogP contribution < -0.4 is 14.8 Å². The fraction of sp³-hybridized carbons (Fsp3) is 0.250. The molecule has 0 unspecified atom stereocenters. The summed E-state index contributed by atoms with van der Waals surface area (Å²) in [4.78, 5) is 17.1. The Morgan fingerprint density at radius 1 is 0.967 bits per heavy atom. The SMILES string of the molecule is CC(C)(C)Oc1ccc(-c2nc(Cl)ccc2C(=O)NCCOc2ccccc2)cc1. The monoisotopic (exact) mass is 424 g/mol. The number of ether oxygens (including phenoxy) is 2. The zero-order valence-electron chi connectivity index (χ0n) is 17.3. The molecule has 0 fully saturated rings. The molecule has 0 saturated carbocycles. The normalized spacial score (nSPS) is 11.1. The first-order valence-electron chi connectivity index (χ1n) is 9.74. The lowest BCUT2D eigenvalue weighted by molar-refractivity contribution is 0.0947. The smallest absolute Gasteiger partial charge is 0.253 e. The molecule has 1 N–H and O–H groups in total. The van der Waals surface area contributed by atoms with Crippen LogP contribution in [-0.4, -0.2) is 29.6 Å². The molecule has 2 aromatic carbocycles. The highest BCUT2D eigenvalue weighted by molar-refractivity contribution is 6.29. The van der Waals surface area contributed by atoms with Crippen LogP contribution in [0.25, 0.3) is 11.3 Å². The van der Waals surface area contributed by atoms with E-state index in [0.29, 0.717) is 29.6 Å². The molecule has 1 amide bonds. The van der Waals surface area contributed by atoms with Gasteiger partial charge in [-0.05, 0) is 69.3 Å². The zero-order valence-corrected chi connectivity index (χ0v) is 18.1. The first-order valence-corrected chi connectivity index (χ1v) is 10.1. The quantitative estimate of drug-likeness (QED) is 0.408. The lowest BCUT2D eigenvalue weighted by Crippen LogP contribution is -2.28. The molecular weight excluding hydrogens is 400 g/mol. The molecule has 156 valence electrons. The van der Waals surface area contributed by atoms with Gasteiger partial charge in [0.25, 0.3) is 5.91 Å². The summed E-state index contributed by atoms with van der Waals surface area (Å²) < 4.78 is 11.5. The minimum Gasteiger partial charge on any atom is -0.492 e. The van der Waals surface area contributed by atoms with Crippen molar-refractivity contribution in [3.63, 3.8) is 0 Å². The van der Waals surface area contributed by atoms with Gasteiger partial charge in [-0.15, -0.1) is 0 Å². The lowest BCUT2D eigenvalue weighted by atomic mass is 10.0. The summed E-state index contributed by atoms with van der Waals surface area (Å²) >= 11 is 6.10. The molecule has 1 heterocycles. The Kier molecular flexibility index (Phi) is 6.95. The zero-order chi connectivity index (χ0) is 21.6. The lowest BCUT2D eigenvalue weighted by Gasteiger charge is -2.21. The third kappa shape index (κ3) is 6.22. The topological polar surface area (TPSA) is 60.5 Å². The molecule has 1 aromatic heterocycles. The largest absolute Gasteiger partial charge is 0.492 e. The van der Waals surface area contributed by atoms with Crippen LogP contribution in [0.2, 0.25) is 5.15 Å². The Bertz CT molecular complexity index is 984. The number of amides is 1. The summed E-state index contributed by atoms with van der Waals surface area (Å²) in [7, 11) is 0. The maximum absolute atomic E-state index is 12.7. The first-order chi connectivity index (χ1) is 14.3. The van der Waals surface area contributed by atoms with Gasteiger partial charge in [-0.1, -0.05) is 29.8 Å². The van der Waals surface area contributed by atoms with Gasteiger partial charge >= 0.3 is 0 Å². The van der Waals surface area contributed by atoms with Crippen molar-refractivity contribution in [3.05, 3.63) is 77.4 Å². The van der Waals surface area contributed by atoms with Crippen molar-refractivity contribution < 1.29 is 14.3 Å². The van der Waals surface area contributed by atoms with Crippen molar-refractivity contribution in [3.8, 4) is 22.8 Å². The van der Waals surface area contributed by atoms with Crippen LogP contribution in [0.1, 0.15) is 31.1 Å². The number of aromatic nitrogens is 1. The maximum Gasteiger partial charge on any atom is 0.253 e. The van der Waals surface area contributed by atoms with Crippen LogP contribution in [0.3, 0.4) is 0 Å². The van der Waals surface area contributed by atoms with Gasteiger partial charge in [0.05, 0.1) is 17.8 Å². The van der Waals surface area contributed by atoms with Crippen molar-refractivity contribution in [1.82, 2.24) is 10.3 Å². The standard InChI is InChI=1S/C24H25ClN2O3/c1-24(2,3)30-19-11-9-17(10-12-19)22-20(13-14-21(25)27-22)23(28)26-15-16-29-18-7-5-4-6-8-18/h4-14H,15-16H2,1-3H3,(H,26,28). The van der Waals surface area contributed by atoms with E-state index >= 15 is 0 Å². The summed E-state index contributed by atoms with van der Waals surface area (Å²) in [6.07, 6.45) is 0. The Morgan fingerprint density at radius 3 is 2.33 bits per heavy atom. The molecule has 0 bridgehead atoms. The fourth-order valence-electron chi connectivity index (χ4n) is 2.82. The van der Waals surface area contributed by atoms with Crippen LogP contribution in [0, 0.1) is 0 Å². The number of benzene rings is 2. The highest BCUT2D eigenvalue weighted by Gasteiger charge is 2.16. The minimum absolute atomic E-state index is 0.235. The number of carbonyl (C=O) groups excluding carboxylic acids is 1. The molecule has 0 saturated heterocycles. The van der Waals surface area contributed by atoms with Gasteiger partial charge in [-0.3, -0.25) is 4.79 Å². The molecule has 6 heteroatoms. The van der Waals surface area contributed by atoms with E-state index in [9.17, 15) is 4.79 Å². The van der Waals surface area contributed by atoms with E-state index in [-0.39, 0.29) is 11.5 Å². The van der Waals surface area contributed by atoms with Crippen molar-refractivity contribution in [2.24, 2.45) is 0 Å². The summed E-state index contributed by atoms with van der Waals surface area (Å²) in [5.74, 6) is 1.27. The third-order valence-electron chi connectivity index (χ3n) is 4.06. The summed E-state index contributed by atoms with van der Waals surface area (Å²) in [5, 5.41) is 3.19. The number of nitrogens with zero attached hydrogens (tertiary/aromatic N) is 1. The number of halogens is 1. The van der Waals surface area contributed by atoms with Crippen molar-refractivity contribution >= 4 is 17.5 Å². The molecule has 3 aromatic rings. The summed E-state index contributed by atoms with van der Waals surface area (Å²) in [6, 6.07) is 20.2. The van der Waals surface area contributed by atoms with Gasteiger partial charge in [0.1, 0.15) is 28.9 Å². The van der Waals surface area contributed by atoms with Gasteiger partial charge in [0.15, 0.2) is 0 Å². The van der Waals surface area contributed by atoms with Crippen LogP contribution >= 0.6 is 11.6 Å². The van der Waals surface area contributed by atoms with E-state index in [1.165, 1.54) is 0 Å². The molecule has 5 nitrogen and oxygen atoms in total. The number of pyridine rings is 1. The number of para-hydroxylation sites is 1. The van der Waals surface area contributed by atoms with Crippen LogP contribution in [0.15, 0.2) is 66.7 Å². The second-order valence-electron chi connectivity index (χ2n) is 7.69.